The number of benzene rings is 4. The molecule has 0 saturated carbocycles. The monoisotopic (exact) mass is 703 g/mol. The number of ether oxygens (including phenoxy) is 2. The molecule has 0 aliphatic carbocycles. The lowest BCUT2D eigenvalue weighted by atomic mass is 10.0. The van der Waals surface area contributed by atoms with Crippen molar-refractivity contribution in [3.63, 3.8) is 0 Å². The van der Waals surface area contributed by atoms with Crippen molar-refractivity contribution in [2.75, 3.05) is 7.11 Å². The van der Waals surface area contributed by atoms with Gasteiger partial charge in [0.15, 0.2) is 11.5 Å². The number of hydrogen-bond acceptors (Lipinski definition) is 5. The number of carbonyl (C=O) groups excluding carboxylic acids is 2. The summed E-state index contributed by atoms with van der Waals surface area (Å²) in [6.45, 7) is 0. The molecule has 0 spiro atoms. The number of nitrogens with one attached hydrogen (secondary N) is 2. The predicted octanol–water partition coefficient (Wildman–Crippen LogP) is 9.20. The van der Waals surface area contributed by atoms with Gasteiger partial charge in [-0.05, 0) is 60.2 Å². The molecule has 2 N–H and O–H groups in total. The molecule has 0 saturated heterocycles. The zero-order chi connectivity index (χ0) is 30.0. The van der Waals surface area contributed by atoms with E-state index in [1.165, 1.54) is 37.6 Å². The first-order chi connectivity index (χ1) is 20.2. The number of amides is 1. The molecule has 1 aromatic heterocycles. The van der Waals surface area contributed by atoms with E-state index in [9.17, 15) is 9.59 Å². The molecule has 0 bridgehead atoms. The van der Waals surface area contributed by atoms with Crippen LogP contribution in [-0.2, 0) is 0 Å². The molecule has 42 heavy (non-hydrogen) atoms. The van der Waals surface area contributed by atoms with Crippen LogP contribution in [0.4, 0.5) is 0 Å². The van der Waals surface area contributed by atoms with Crippen LogP contribution >= 0.6 is 62.3 Å². The van der Waals surface area contributed by atoms with Crippen LogP contribution in [-0.4, -0.2) is 30.2 Å². The Hall–Kier alpha value is -3.53. The molecule has 1 amide bonds. The maximum absolute atomic E-state index is 13.3. The number of aromatic nitrogens is 1. The molecule has 0 aliphatic heterocycles. The number of nitrogens with zero attached hydrogens (tertiary/aromatic N) is 1. The van der Waals surface area contributed by atoms with Crippen molar-refractivity contribution < 1.29 is 19.1 Å². The van der Waals surface area contributed by atoms with Crippen molar-refractivity contribution in [2.45, 2.75) is 0 Å². The fraction of sp³-hybridized carbons (Fsp3) is 0.0333. The van der Waals surface area contributed by atoms with E-state index in [1.54, 1.807) is 30.3 Å². The minimum atomic E-state index is -0.677. The second-order valence-corrected chi connectivity index (χ2v) is 11.4. The Morgan fingerprint density at radius 2 is 1.69 bits per heavy atom. The van der Waals surface area contributed by atoms with E-state index >= 15 is 0 Å². The quantitative estimate of drug-likeness (QED) is 0.0765. The summed E-state index contributed by atoms with van der Waals surface area (Å²) >= 11 is 28.5. The maximum Gasteiger partial charge on any atom is 0.345 e. The summed E-state index contributed by atoms with van der Waals surface area (Å²) in [5, 5.41) is 6.28. The topological polar surface area (TPSA) is 92.8 Å². The van der Waals surface area contributed by atoms with Crippen LogP contribution in [0.5, 0.6) is 11.5 Å². The number of hydrogen-bond donors (Lipinski definition) is 2. The Morgan fingerprint density at radius 3 is 2.43 bits per heavy atom. The zero-order valence-corrected chi connectivity index (χ0v) is 26.1. The lowest BCUT2D eigenvalue weighted by molar-refractivity contribution is 0.0729. The molecule has 0 radical (unpaired) electrons. The number of fused-ring (bicyclic) bond motifs is 1. The molecule has 7 nitrogen and oxygen atoms in total. The molecule has 212 valence electrons. The Bertz CT molecular complexity index is 1890. The highest BCUT2D eigenvalue weighted by Gasteiger charge is 2.22. The third-order valence-electron chi connectivity index (χ3n) is 6.12. The summed E-state index contributed by atoms with van der Waals surface area (Å²) in [6.07, 6.45) is 1.42. The molecule has 12 heteroatoms. The summed E-state index contributed by atoms with van der Waals surface area (Å²) in [5.41, 5.74) is 5.30. The highest BCUT2D eigenvalue weighted by Crippen LogP contribution is 2.40. The highest BCUT2D eigenvalue weighted by atomic mass is 79.9. The van der Waals surface area contributed by atoms with Gasteiger partial charge in [0.1, 0.15) is 5.69 Å². The number of aromatic amines is 1. The van der Waals surface area contributed by atoms with Gasteiger partial charge in [0.25, 0.3) is 5.91 Å². The summed E-state index contributed by atoms with van der Waals surface area (Å²) in [4.78, 5) is 29.1. The standard InChI is InChI=1S/C30H18BrCl4N3O4/c1-41-25-10-15(6-9-24(25)42-30(40)19-8-7-17(32)13-22(19)34)14-36-38-29(39)28-26(18-4-2-3-5-21(18)33)20-11-16(31)12-23(35)27(20)37-28/h2-14,37H,1H3,(H,38,39). The SMILES string of the molecule is COc1cc(C=NNC(=O)c2[nH]c3c(Cl)cc(Br)cc3c2-c2ccccc2Cl)ccc1OC(=O)c1ccc(Cl)cc1Cl. The molecule has 0 unspecified atom stereocenters. The smallest absolute Gasteiger partial charge is 0.345 e. The number of rotatable bonds is 7. The molecule has 4 aromatic carbocycles. The van der Waals surface area contributed by atoms with Gasteiger partial charge in [0, 0.05) is 31.0 Å². The van der Waals surface area contributed by atoms with Crippen LogP contribution in [0.15, 0.2) is 82.4 Å². The Kier molecular flexibility index (Phi) is 9.11. The number of esters is 1. The number of halogens is 5. The molecule has 5 rings (SSSR count). The van der Waals surface area contributed by atoms with Crippen LogP contribution < -0.4 is 14.9 Å². The Morgan fingerprint density at radius 1 is 0.905 bits per heavy atom. The molecule has 0 fully saturated rings. The van der Waals surface area contributed by atoms with Crippen molar-refractivity contribution in [3.8, 4) is 22.6 Å². The second-order valence-electron chi connectivity index (χ2n) is 8.79. The molecular formula is C30H18BrCl4N3O4. The number of hydrazone groups is 1. The number of carbonyl (C=O) groups is 2. The minimum absolute atomic E-state index is 0.151. The van der Waals surface area contributed by atoms with E-state index < -0.39 is 11.9 Å². The Balaban J connectivity index is 1.38. The van der Waals surface area contributed by atoms with Crippen molar-refractivity contribution in [2.24, 2.45) is 5.10 Å². The van der Waals surface area contributed by atoms with Gasteiger partial charge in [0.2, 0.25) is 0 Å². The van der Waals surface area contributed by atoms with E-state index in [-0.39, 0.29) is 27.8 Å². The van der Waals surface area contributed by atoms with Gasteiger partial charge >= 0.3 is 5.97 Å². The first-order valence-corrected chi connectivity index (χ1v) is 14.4. The molecular weight excluding hydrogens is 688 g/mol. The van der Waals surface area contributed by atoms with Crippen molar-refractivity contribution >= 4 is 91.3 Å². The summed E-state index contributed by atoms with van der Waals surface area (Å²) in [5.74, 6) is -0.758. The summed E-state index contributed by atoms with van der Waals surface area (Å²) in [7, 11) is 1.43. The molecule has 0 aliphatic rings. The average molecular weight is 706 g/mol. The first kappa shape index (κ1) is 29.9. The first-order valence-electron chi connectivity index (χ1n) is 12.1. The van der Waals surface area contributed by atoms with Crippen LogP contribution in [0.2, 0.25) is 20.1 Å². The second kappa shape index (κ2) is 12.8. The average Bonchev–Trinajstić information content (AvgIpc) is 3.33. The lowest BCUT2D eigenvalue weighted by Gasteiger charge is -2.10. The molecule has 0 atom stereocenters. The fourth-order valence-electron chi connectivity index (χ4n) is 4.21. The predicted molar refractivity (Wildman–Crippen MR) is 171 cm³/mol. The van der Waals surface area contributed by atoms with Gasteiger partial charge in [0.05, 0.1) is 34.4 Å². The van der Waals surface area contributed by atoms with Gasteiger partial charge in [-0.15, -0.1) is 0 Å². The van der Waals surface area contributed by atoms with Crippen LogP contribution in [0.25, 0.3) is 22.0 Å². The summed E-state index contributed by atoms with van der Waals surface area (Å²) < 4.78 is 11.6. The van der Waals surface area contributed by atoms with Crippen LogP contribution in [0.3, 0.4) is 0 Å². The van der Waals surface area contributed by atoms with Crippen LogP contribution in [0, 0.1) is 0 Å². The van der Waals surface area contributed by atoms with Crippen LogP contribution in [0.1, 0.15) is 26.4 Å². The van der Waals surface area contributed by atoms with E-state index in [2.05, 4.69) is 31.4 Å². The van der Waals surface area contributed by atoms with E-state index in [1.807, 2.05) is 18.2 Å². The third-order valence-corrected chi connectivity index (χ3v) is 7.75. The fourth-order valence-corrected chi connectivity index (χ4v) is 5.79. The van der Waals surface area contributed by atoms with E-state index in [0.717, 1.165) is 4.47 Å². The lowest BCUT2D eigenvalue weighted by Crippen LogP contribution is -2.19. The number of H-pyrrole nitrogens is 1. The van der Waals surface area contributed by atoms with Gasteiger partial charge in [-0.25, -0.2) is 10.2 Å². The Labute approximate surface area is 268 Å². The van der Waals surface area contributed by atoms with Crippen molar-refractivity contribution in [1.82, 2.24) is 10.4 Å². The number of methoxy groups -OCH3 is 1. The van der Waals surface area contributed by atoms with Gasteiger partial charge in [-0.1, -0.05) is 80.5 Å². The molecule has 5 aromatic rings. The van der Waals surface area contributed by atoms with Gasteiger partial charge in [-0.3, -0.25) is 4.79 Å². The zero-order valence-electron chi connectivity index (χ0n) is 21.5. The highest BCUT2D eigenvalue weighted by molar-refractivity contribution is 9.10. The largest absolute Gasteiger partial charge is 0.493 e. The van der Waals surface area contributed by atoms with Gasteiger partial charge < -0.3 is 14.5 Å². The van der Waals surface area contributed by atoms with E-state index in [0.29, 0.717) is 42.7 Å². The van der Waals surface area contributed by atoms with Crippen molar-refractivity contribution in [3.05, 3.63) is 114 Å². The third kappa shape index (κ3) is 6.28. The normalized spacial score (nSPS) is 11.2. The van der Waals surface area contributed by atoms with Gasteiger partial charge in [-0.2, -0.15) is 5.10 Å². The maximum atomic E-state index is 13.3. The minimum Gasteiger partial charge on any atom is -0.493 e. The van der Waals surface area contributed by atoms with Crippen molar-refractivity contribution in [1.29, 1.82) is 0 Å². The van der Waals surface area contributed by atoms with E-state index in [4.69, 9.17) is 55.9 Å². The molecule has 1 heterocycles. The summed E-state index contributed by atoms with van der Waals surface area (Å²) in [6, 6.07) is 20.0.